The second kappa shape index (κ2) is 9.76. The molecule has 2 amide bonds. The van der Waals surface area contributed by atoms with Crippen LogP contribution in [0.3, 0.4) is 0 Å². The van der Waals surface area contributed by atoms with Gasteiger partial charge in [0, 0.05) is 50.3 Å². The Labute approximate surface area is 182 Å². The van der Waals surface area contributed by atoms with E-state index in [1.807, 2.05) is 54.6 Å². The summed E-state index contributed by atoms with van der Waals surface area (Å²) in [4.78, 5) is 39.8. The van der Waals surface area contributed by atoms with E-state index >= 15 is 0 Å². The van der Waals surface area contributed by atoms with Crippen LogP contribution in [-0.4, -0.2) is 70.7 Å². The molecule has 2 aromatic rings. The second-order valence-corrected chi connectivity index (χ2v) is 7.71. The van der Waals surface area contributed by atoms with Crippen LogP contribution in [0, 0.1) is 13.8 Å². The van der Waals surface area contributed by atoms with Crippen molar-refractivity contribution in [1.82, 2.24) is 19.6 Å². The molecule has 0 radical (unpaired) electrons. The summed E-state index contributed by atoms with van der Waals surface area (Å²) in [6.07, 6.45) is 1.38. The standard InChI is InChI=1S/C23H30N4O4/c1-5-21(28)25-12-14-26(15-13-25)23(30)18-6-8-19(9-7-18)27-17(3)20(16(2)24-27)10-11-22(29)31-4/h6-9H,5,10-15H2,1-4H3. The first-order valence-electron chi connectivity index (χ1n) is 10.6. The van der Waals surface area contributed by atoms with E-state index in [4.69, 9.17) is 4.74 Å². The second-order valence-electron chi connectivity index (χ2n) is 7.71. The van der Waals surface area contributed by atoms with E-state index in [0.29, 0.717) is 51.0 Å². The summed E-state index contributed by atoms with van der Waals surface area (Å²) in [6.45, 7) is 8.01. The minimum absolute atomic E-state index is 0.0257. The third kappa shape index (κ3) is 4.95. The molecule has 0 unspecified atom stereocenters. The van der Waals surface area contributed by atoms with E-state index < -0.39 is 0 Å². The lowest BCUT2D eigenvalue weighted by Crippen LogP contribution is -2.50. The molecule has 0 bridgehead atoms. The van der Waals surface area contributed by atoms with Crippen LogP contribution in [0.5, 0.6) is 0 Å². The number of aryl methyl sites for hydroxylation is 1. The molecule has 1 aliphatic rings. The summed E-state index contributed by atoms with van der Waals surface area (Å²) in [5, 5.41) is 4.61. The summed E-state index contributed by atoms with van der Waals surface area (Å²) >= 11 is 0. The van der Waals surface area contributed by atoms with Crippen molar-refractivity contribution in [3.8, 4) is 5.69 Å². The zero-order chi connectivity index (χ0) is 22.5. The molecule has 1 fully saturated rings. The first kappa shape index (κ1) is 22.5. The van der Waals surface area contributed by atoms with E-state index in [2.05, 4.69) is 5.10 Å². The number of carbonyl (C=O) groups excluding carboxylic acids is 3. The smallest absolute Gasteiger partial charge is 0.305 e. The van der Waals surface area contributed by atoms with Crippen molar-refractivity contribution in [2.24, 2.45) is 0 Å². The van der Waals surface area contributed by atoms with Crippen LogP contribution >= 0.6 is 0 Å². The van der Waals surface area contributed by atoms with E-state index in [-0.39, 0.29) is 17.8 Å². The van der Waals surface area contributed by atoms with Crippen LogP contribution in [-0.2, 0) is 20.7 Å². The molecular weight excluding hydrogens is 396 g/mol. The molecule has 8 nitrogen and oxygen atoms in total. The normalized spacial score (nSPS) is 13.9. The first-order valence-corrected chi connectivity index (χ1v) is 10.6. The maximum absolute atomic E-state index is 12.9. The summed E-state index contributed by atoms with van der Waals surface area (Å²) in [5.74, 6) is -0.135. The van der Waals surface area contributed by atoms with Gasteiger partial charge >= 0.3 is 5.97 Å². The Morgan fingerprint density at radius 2 is 1.61 bits per heavy atom. The Bertz CT molecular complexity index is 957. The molecule has 1 saturated heterocycles. The molecular formula is C23H30N4O4. The Kier molecular flexibility index (Phi) is 7.09. The van der Waals surface area contributed by atoms with Gasteiger partial charge in [0.25, 0.3) is 5.91 Å². The third-order valence-electron chi connectivity index (χ3n) is 5.83. The van der Waals surface area contributed by atoms with Gasteiger partial charge in [-0.15, -0.1) is 0 Å². The number of carbonyl (C=O) groups is 3. The fourth-order valence-corrected chi connectivity index (χ4v) is 3.93. The van der Waals surface area contributed by atoms with Crippen LogP contribution in [0.4, 0.5) is 0 Å². The van der Waals surface area contributed by atoms with Crippen molar-refractivity contribution in [3.05, 3.63) is 46.8 Å². The minimum Gasteiger partial charge on any atom is -0.469 e. The maximum Gasteiger partial charge on any atom is 0.305 e. The molecule has 31 heavy (non-hydrogen) atoms. The van der Waals surface area contributed by atoms with Crippen LogP contribution < -0.4 is 0 Å². The predicted octanol–water partition coefficient (Wildman–Crippen LogP) is 2.29. The van der Waals surface area contributed by atoms with Crippen molar-refractivity contribution in [2.45, 2.75) is 40.0 Å². The Morgan fingerprint density at radius 1 is 1.00 bits per heavy atom. The van der Waals surface area contributed by atoms with Gasteiger partial charge in [-0.05, 0) is 50.1 Å². The Morgan fingerprint density at radius 3 is 2.19 bits per heavy atom. The lowest BCUT2D eigenvalue weighted by atomic mass is 10.1. The molecule has 2 heterocycles. The van der Waals surface area contributed by atoms with E-state index in [0.717, 1.165) is 22.6 Å². The number of benzene rings is 1. The molecule has 1 aliphatic heterocycles. The number of hydrogen-bond donors (Lipinski definition) is 0. The van der Waals surface area contributed by atoms with Gasteiger partial charge in [-0.2, -0.15) is 5.10 Å². The first-order chi connectivity index (χ1) is 14.8. The van der Waals surface area contributed by atoms with Crippen molar-refractivity contribution < 1.29 is 19.1 Å². The summed E-state index contributed by atoms with van der Waals surface area (Å²) < 4.78 is 6.57. The SMILES string of the molecule is CCC(=O)N1CCN(C(=O)c2ccc(-n3nc(C)c(CCC(=O)OC)c3C)cc2)CC1. The zero-order valence-corrected chi connectivity index (χ0v) is 18.7. The molecule has 1 aromatic carbocycles. The average Bonchev–Trinajstić information content (AvgIpc) is 3.09. The number of esters is 1. The summed E-state index contributed by atoms with van der Waals surface area (Å²) in [6, 6.07) is 7.39. The van der Waals surface area contributed by atoms with Crippen molar-refractivity contribution in [2.75, 3.05) is 33.3 Å². The number of methoxy groups -OCH3 is 1. The monoisotopic (exact) mass is 426 g/mol. The maximum atomic E-state index is 12.9. The number of rotatable bonds is 6. The van der Waals surface area contributed by atoms with Gasteiger partial charge in [-0.25, -0.2) is 4.68 Å². The predicted molar refractivity (Wildman–Crippen MR) is 116 cm³/mol. The van der Waals surface area contributed by atoms with Crippen LogP contribution in [0.25, 0.3) is 5.69 Å². The van der Waals surface area contributed by atoms with Gasteiger partial charge < -0.3 is 14.5 Å². The van der Waals surface area contributed by atoms with E-state index in [1.165, 1.54) is 7.11 Å². The molecule has 0 N–H and O–H groups in total. The zero-order valence-electron chi connectivity index (χ0n) is 18.7. The van der Waals surface area contributed by atoms with Crippen molar-refractivity contribution >= 4 is 17.8 Å². The van der Waals surface area contributed by atoms with Gasteiger partial charge in [-0.1, -0.05) is 6.92 Å². The molecule has 0 atom stereocenters. The summed E-state index contributed by atoms with van der Waals surface area (Å²) in [7, 11) is 1.39. The highest BCUT2D eigenvalue weighted by Crippen LogP contribution is 2.20. The third-order valence-corrected chi connectivity index (χ3v) is 5.83. The lowest BCUT2D eigenvalue weighted by molar-refractivity contribution is -0.140. The molecule has 0 aliphatic carbocycles. The molecule has 0 saturated carbocycles. The van der Waals surface area contributed by atoms with E-state index in [9.17, 15) is 14.4 Å². The van der Waals surface area contributed by atoms with Gasteiger partial charge in [0.1, 0.15) is 0 Å². The molecule has 8 heteroatoms. The van der Waals surface area contributed by atoms with Crippen LogP contribution in [0.2, 0.25) is 0 Å². The highest BCUT2D eigenvalue weighted by Gasteiger charge is 2.24. The number of nitrogens with zero attached hydrogens (tertiary/aromatic N) is 4. The van der Waals surface area contributed by atoms with Crippen LogP contribution in [0.1, 0.15) is 47.1 Å². The van der Waals surface area contributed by atoms with Gasteiger partial charge in [0.2, 0.25) is 5.91 Å². The van der Waals surface area contributed by atoms with Crippen LogP contribution in [0.15, 0.2) is 24.3 Å². The van der Waals surface area contributed by atoms with Gasteiger partial charge in [0.15, 0.2) is 0 Å². The highest BCUT2D eigenvalue weighted by atomic mass is 16.5. The Balaban J connectivity index is 1.69. The lowest BCUT2D eigenvalue weighted by Gasteiger charge is -2.34. The van der Waals surface area contributed by atoms with Gasteiger partial charge in [-0.3, -0.25) is 14.4 Å². The summed E-state index contributed by atoms with van der Waals surface area (Å²) in [5.41, 5.74) is 4.36. The Hall–Kier alpha value is -3.16. The largest absolute Gasteiger partial charge is 0.469 e. The fourth-order valence-electron chi connectivity index (χ4n) is 3.93. The number of piperazine rings is 1. The topological polar surface area (TPSA) is 84.7 Å². The van der Waals surface area contributed by atoms with Crippen molar-refractivity contribution in [3.63, 3.8) is 0 Å². The van der Waals surface area contributed by atoms with Crippen molar-refractivity contribution in [1.29, 1.82) is 0 Å². The fraction of sp³-hybridized carbons (Fsp3) is 0.478. The number of ether oxygens (including phenoxy) is 1. The number of hydrogen-bond acceptors (Lipinski definition) is 5. The minimum atomic E-state index is -0.241. The average molecular weight is 427 g/mol. The number of aromatic nitrogens is 2. The molecule has 166 valence electrons. The highest BCUT2D eigenvalue weighted by molar-refractivity contribution is 5.94. The van der Waals surface area contributed by atoms with Gasteiger partial charge in [0.05, 0.1) is 18.5 Å². The molecule has 3 rings (SSSR count). The molecule has 0 spiro atoms. The molecule has 1 aromatic heterocycles. The quantitative estimate of drug-likeness (QED) is 0.662. The van der Waals surface area contributed by atoms with E-state index in [1.54, 1.807) is 4.90 Å². The number of amides is 2.